The van der Waals surface area contributed by atoms with Crippen LogP contribution < -0.4 is 10.2 Å². The Hall–Kier alpha value is -4.64. The lowest BCUT2D eigenvalue weighted by Gasteiger charge is -2.20. The van der Waals surface area contributed by atoms with Crippen molar-refractivity contribution in [3.8, 4) is 11.4 Å². The topological polar surface area (TPSA) is 56.2 Å². The molecule has 35 heavy (non-hydrogen) atoms. The summed E-state index contributed by atoms with van der Waals surface area (Å²) in [6.07, 6.45) is 1.68. The van der Waals surface area contributed by atoms with Crippen LogP contribution in [-0.4, -0.2) is 22.2 Å². The molecule has 0 saturated heterocycles. The van der Waals surface area contributed by atoms with Crippen LogP contribution in [0, 0.1) is 0 Å². The minimum atomic E-state index is -0.276. The van der Waals surface area contributed by atoms with E-state index in [9.17, 15) is 4.79 Å². The van der Waals surface area contributed by atoms with Gasteiger partial charge in [-0.3, -0.25) is 4.79 Å². The van der Waals surface area contributed by atoms with Crippen molar-refractivity contribution in [3.63, 3.8) is 0 Å². The first-order valence-corrected chi connectivity index (χ1v) is 11.5. The Morgan fingerprint density at radius 3 is 2.09 bits per heavy atom. The molecule has 0 saturated carbocycles. The van der Waals surface area contributed by atoms with Gasteiger partial charge in [0.05, 0.1) is 11.6 Å². The van der Waals surface area contributed by atoms with Gasteiger partial charge in [-0.2, -0.15) is 4.73 Å². The standard InChI is InChI=1S/C30H25N3O2/c1-2-20-35-33-27-21-25(18-19-26(27)31-29(33)24-16-10-5-11-17-24)30(34)32-28(22-12-6-3-7-13-22)23-14-8-4-9-15-23/h2-19,21,28H,1,20H2,(H,32,34). The lowest BCUT2D eigenvalue weighted by Crippen LogP contribution is -2.29. The predicted molar refractivity (Wildman–Crippen MR) is 139 cm³/mol. The number of carbonyl (C=O) groups is 1. The second-order valence-electron chi connectivity index (χ2n) is 8.11. The van der Waals surface area contributed by atoms with Gasteiger partial charge in [-0.15, -0.1) is 0 Å². The van der Waals surface area contributed by atoms with Gasteiger partial charge in [-0.1, -0.05) is 104 Å². The van der Waals surface area contributed by atoms with Crippen LogP contribution in [0.5, 0.6) is 0 Å². The van der Waals surface area contributed by atoms with Gasteiger partial charge < -0.3 is 10.2 Å². The number of imidazole rings is 1. The smallest absolute Gasteiger partial charge is 0.252 e. The molecular weight excluding hydrogens is 434 g/mol. The molecule has 0 bridgehead atoms. The summed E-state index contributed by atoms with van der Waals surface area (Å²) in [5.41, 5.74) is 4.93. The summed E-state index contributed by atoms with van der Waals surface area (Å²) in [5, 5.41) is 3.21. The van der Waals surface area contributed by atoms with Crippen molar-refractivity contribution in [1.82, 2.24) is 15.0 Å². The highest BCUT2D eigenvalue weighted by atomic mass is 16.7. The number of amides is 1. The number of carbonyl (C=O) groups excluding carboxylic acids is 1. The van der Waals surface area contributed by atoms with E-state index >= 15 is 0 Å². The van der Waals surface area contributed by atoms with E-state index in [0.717, 1.165) is 22.2 Å². The third-order valence-electron chi connectivity index (χ3n) is 5.77. The molecule has 0 radical (unpaired) electrons. The van der Waals surface area contributed by atoms with Crippen LogP contribution in [0.15, 0.2) is 122 Å². The maximum Gasteiger partial charge on any atom is 0.252 e. The fraction of sp³-hybridized carbons (Fsp3) is 0.0667. The third-order valence-corrected chi connectivity index (χ3v) is 5.77. The molecule has 5 nitrogen and oxygen atoms in total. The quantitative estimate of drug-likeness (QED) is 0.297. The summed E-state index contributed by atoms with van der Waals surface area (Å²) in [6.45, 7) is 4.07. The zero-order valence-electron chi connectivity index (χ0n) is 19.2. The van der Waals surface area contributed by atoms with Crippen molar-refractivity contribution < 1.29 is 9.63 Å². The van der Waals surface area contributed by atoms with Gasteiger partial charge in [0, 0.05) is 11.1 Å². The number of aromatic nitrogens is 2. The lowest BCUT2D eigenvalue weighted by atomic mass is 9.98. The molecule has 0 aliphatic rings. The van der Waals surface area contributed by atoms with E-state index in [1.807, 2.05) is 103 Å². The SMILES string of the molecule is C=CCOn1c(-c2ccccc2)nc2ccc(C(=O)NC(c3ccccc3)c3ccccc3)cc21. The van der Waals surface area contributed by atoms with Gasteiger partial charge in [0.15, 0.2) is 5.82 Å². The van der Waals surface area contributed by atoms with Crippen molar-refractivity contribution in [3.05, 3.63) is 139 Å². The Labute approximate surface area is 204 Å². The minimum Gasteiger partial charge on any atom is -0.408 e. The molecule has 172 valence electrons. The van der Waals surface area contributed by atoms with Crippen LogP contribution in [0.2, 0.25) is 0 Å². The summed E-state index contributed by atoms with van der Waals surface area (Å²) < 4.78 is 1.68. The molecule has 1 aromatic heterocycles. The maximum atomic E-state index is 13.4. The Morgan fingerprint density at radius 2 is 1.49 bits per heavy atom. The van der Waals surface area contributed by atoms with Crippen LogP contribution in [0.1, 0.15) is 27.5 Å². The summed E-state index contributed by atoms with van der Waals surface area (Å²) in [4.78, 5) is 24.2. The summed E-state index contributed by atoms with van der Waals surface area (Å²) in [5.74, 6) is 0.494. The monoisotopic (exact) mass is 459 g/mol. The number of nitrogens with zero attached hydrogens (tertiary/aromatic N) is 2. The largest absolute Gasteiger partial charge is 0.408 e. The zero-order valence-corrected chi connectivity index (χ0v) is 19.2. The highest BCUT2D eigenvalue weighted by molar-refractivity contribution is 5.98. The number of rotatable bonds is 8. The molecule has 4 aromatic carbocycles. The number of hydrogen-bond acceptors (Lipinski definition) is 3. The summed E-state index contributed by atoms with van der Waals surface area (Å²) >= 11 is 0. The molecule has 0 spiro atoms. The Morgan fingerprint density at radius 1 is 0.886 bits per heavy atom. The lowest BCUT2D eigenvalue weighted by molar-refractivity contribution is 0.0943. The maximum absolute atomic E-state index is 13.4. The van der Waals surface area contributed by atoms with Crippen molar-refractivity contribution >= 4 is 16.9 Å². The van der Waals surface area contributed by atoms with E-state index in [2.05, 4.69) is 11.9 Å². The van der Waals surface area contributed by atoms with Gasteiger partial charge in [0.1, 0.15) is 12.1 Å². The van der Waals surface area contributed by atoms with Crippen LogP contribution in [0.3, 0.4) is 0 Å². The zero-order chi connectivity index (χ0) is 24.0. The average Bonchev–Trinajstić information content (AvgIpc) is 3.29. The van der Waals surface area contributed by atoms with E-state index in [1.165, 1.54) is 0 Å². The molecule has 0 unspecified atom stereocenters. The fourth-order valence-electron chi connectivity index (χ4n) is 4.09. The summed E-state index contributed by atoms with van der Waals surface area (Å²) in [6, 6.07) is 34.9. The average molecular weight is 460 g/mol. The van der Waals surface area contributed by atoms with Crippen molar-refractivity contribution in [2.45, 2.75) is 6.04 Å². The van der Waals surface area contributed by atoms with E-state index in [-0.39, 0.29) is 11.9 Å². The highest BCUT2D eigenvalue weighted by Crippen LogP contribution is 2.26. The van der Waals surface area contributed by atoms with E-state index < -0.39 is 0 Å². The fourth-order valence-corrected chi connectivity index (χ4v) is 4.09. The normalized spacial score (nSPS) is 10.9. The minimum absolute atomic E-state index is 0.178. The van der Waals surface area contributed by atoms with Gasteiger partial charge >= 0.3 is 0 Å². The Kier molecular flexibility index (Phi) is 6.39. The molecule has 1 heterocycles. The van der Waals surface area contributed by atoms with Gasteiger partial charge in [0.25, 0.3) is 5.91 Å². The Bertz CT molecular complexity index is 1410. The van der Waals surface area contributed by atoms with Gasteiger partial charge in [-0.25, -0.2) is 4.98 Å². The third kappa shape index (κ3) is 4.70. The van der Waals surface area contributed by atoms with E-state index in [1.54, 1.807) is 16.9 Å². The highest BCUT2D eigenvalue weighted by Gasteiger charge is 2.20. The van der Waals surface area contributed by atoms with Gasteiger partial charge in [0.2, 0.25) is 0 Å². The van der Waals surface area contributed by atoms with E-state index in [0.29, 0.717) is 23.5 Å². The number of benzene rings is 4. The molecule has 1 amide bonds. The molecule has 5 rings (SSSR count). The van der Waals surface area contributed by atoms with Crippen LogP contribution in [0.4, 0.5) is 0 Å². The molecule has 0 atom stereocenters. The van der Waals surface area contributed by atoms with Crippen LogP contribution in [-0.2, 0) is 0 Å². The first-order valence-electron chi connectivity index (χ1n) is 11.5. The van der Waals surface area contributed by atoms with Crippen molar-refractivity contribution in [2.24, 2.45) is 0 Å². The number of hydrogen-bond donors (Lipinski definition) is 1. The van der Waals surface area contributed by atoms with Crippen molar-refractivity contribution in [1.29, 1.82) is 0 Å². The Balaban J connectivity index is 1.52. The molecule has 0 aliphatic carbocycles. The molecule has 1 N–H and O–H groups in total. The summed E-state index contributed by atoms with van der Waals surface area (Å²) in [7, 11) is 0. The molecule has 5 aromatic rings. The number of fused-ring (bicyclic) bond motifs is 1. The second kappa shape index (κ2) is 10.1. The first-order chi connectivity index (χ1) is 17.2. The van der Waals surface area contributed by atoms with Crippen LogP contribution >= 0.6 is 0 Å². The molecular formula is C30H25N3O2. The van der Waals surface area contributed by atoms with E-state index in [4.69, 9.17) is 9.82 Å². The predicted octanol–water partition coefficient (Wildman–Crippen LogP) is 5.84. The first kappa shape index (κ1) is 22.2. The van der Waals surface area contributed by atoms with Crippen molar-refractivity contribution in [2.75, 3.05) is 6.61 Å². The molecule has 0 fully saturated rings. The molecule has 5 heteroatoms. The number of nitrogens with one attached hydrogen (secondary N) is 1. The van der Waals surface area contributed by atoms with Gasteiger partial charge in [-0.05, 0) is 29.3 Å². The second-order valence-corrected chi connectivity index (χ2v) is 8.11. The van der Waals surface area contributed by atoms with Crippen LogP contribution in [0.25, 0.3) is 22.4 Å². The molecule has 0 aliphatic heterocycles.